The van der Waals surface area contributed by atoms with Crippen LogP contribution in [0.5, 0.6) is 0 Å². The molecule has 44 valence electrons. The van der Waals surface area contributed by atoms with Crippen molar-refractivity contribution in [3.05, 3.63) is 0 Å². The lowest BCUT2D eigenvalue weighted by atomic mass is 11.4. The molecule has 5 heteroatoms. The minimum absolute atomic E-state index is 0.00694. The molecule has 0 aromatic rings. The van der Waals surface area contributed by atoms with Crippen molar-refractivity contribution in [2.75, 3.05) is 13.8 Å². The molecule has 0 aliphatic heterocycles. The van der Waals surface area contributed by atoms with Crippen LogP contribution in [0.3, 0.4) is 0 Å². The largest absolute Gasteiger partial charge is 0.239 e. The number of nitrogens with one attached hydrogen (secondary N) is 1. The van der Waals surface area contributed by atoms with Crippen LogP contribution in [0.15, 0.2) is 0 Å². The Bertz CT molecular complexity index is 28.9. The van der Waals surface area contributed by atoms with Gasteiger partial charge in [-0.3, -0.25) is 0 Å². The summed E-state index contributed by atoms with van der Waals surface area (Å²) in [5.41, 5.74) is 1.96. The summed E-state index contributed by atoms with van der Waals surface area (Å²) in [5.74, 6) is 0. The first kappa shape index (κ1) is 6.80. The van der Waals surface area contributed by atoms with Gasteiger partial charge in [-0.05, 0) is 0 Å². The molecule has 0 radical (unpaired) electrons. The van der Waals surface area contributed by atoms with Crippen molar-refractivity contribution in [1.82, 2.24) is 5.48 Å². The molecule has 0 amide bonds. The van der Waals surface area contributed by atoms with Crippen LogP contribution >= 0.6 is 0 Å². The van der Waals surface area contributed by atoms with E-state index in [1.807, 2.05) is 5.48 Å². The second kappa shape index (κ2) is 5.80. The summed E-state index contributed by atoms with van der Waals surface area (Å²) in [6.07, 6.45) is 0. The van der Waals surface area contributed by atoms with E-state index in [1.54, 1.807) is 0 Å². The van der Waals surface area contributed by atoms with Crippen molar-refractivity contribution in [3.8, 4) is 0 Å². The highest BCUT2D eigenvalue weighted by molar-refractivity contribution is 3.92. The van der Waals surface area contributed by atoms with Crippen molar-refractivity contribution in [2.45, 2.75) is 0 Å². The zero-order chi connectivity index (χ0) is 5.54. The summed E-state index contributed by atoms with van der Waals surface area (Å²) in [4.78, 5) is 11.7. The predicted octanol–water partition coefficient (Wildman–Crippen LogP) is -0.484. The molecular weight excluding hydrogens is 102 g/mol. The molecule has 0 aliphatic rings. The topological polar surface area (TPSA) is 60.0 Å². The Balaban J connectivity index is 2.45. The van der Waals surface area contributed by atoms with E-state index < -0.39 is 0 Å². The van der Waals surface area contributed by atoms with Gasteiger partial charge in [-0.15, -0.1) is 10.5 Å². The first-order valence-electron chi connectivity index (χ1n) is 1.60. The Hall–Kier alpha value is -0.200. The fraction of sp³-hybridized carbons (Fsp3) is 1.00. The highest BCUT2D eigenvalue weighted by Crippen LogP contribution is 1.64. The number of hydroxylamine groups is 1. The van der Waals surface area contributed by atoms with Gasteiger partial charge >= 0.3 is 0 Å². The van der Waals surface area contributed by atoms with Gasteiger partial charge in [0, 0.05) is 0 Å². The molecule has 0 fully saturated rings. The van der Waals surface area contributed by atoms with Gasteiger partial charge in [0.2, 0.25) is 0 Å². The molecule has 0 aromatic carbocycles. The highest BCUT2D eigenvalue weighted by atomic mass is 17.2. The van der Waals surface area contributed by atoms with E-state index in [0.29, 0.717) is 0 Å². The van der Waals surface area contributed by atoms with E-state index in [0.717, 1.165) is 0 Å². The Morgan fingerprint density at radius 3 is 2.86 bits per heavy atom. The maximum absolute atomic E-state index is 7.55. The number of hydrogen-bond acceptors (Lipinski definition) is 5. The minimum Gasteiger partial charge on any atom is -0.239 e. The standard InChI is InChI=1S/C2H7NO4/c1-5-6-2-3-7-4/h3-4H,2H2,1H3. The molecule has 5 nitrogen and oxygen atoms in total. The zero-order valence-corrected chi connectivity index (χ0v) is 3.88. The Kier molecular flexibility index (Phi) is 5.63. The third-order valence-corrected chi connectivity index (χ3v) is 0.300. The third kappa shape index (κ3) is 5.80. The third-order valence-electron chi connectivity index (χ3n) is 0.300. The molecule has 0 heterocycles. The van der Waals surface area contributed by atoms with Gasteiger partial charge in [0.25, 0.3) is 0 Å². The van der Waals surface area contributed by atoms with Gasteiger partial charge in [-0.1, -0.05) is 0 Å². The monoisotopic (exact) mass is 109 g/mol. The molecule has 0 spiro atoms. The maximum atomic E-state index is 7.55. The van der Waals surface area contributed by atoms with Gasteiger partial charge in [-0.25, -0.2) is 15.0 Å². The van der Waals surface area contributed by atoms with Gasteiger partial charge < -0.3 is 0 Å². The Labute approximate surface area is 40.6 Å². The van der Waals surface area contributed by atoms with Crippen LogP contribution in [-0.2, 0) is 14.8 Å². The molecular formula is C2H7NO4. The fourth-order valence-electron chi connectivity index (χ4n) is 0.109. The maximum Gasteiger partial charge on any atom is 0.157 e. The summed E-state index contributed by atoms with van der Waals surface area (Å²) < 4.78 is 0. The molecule has 0 unspecified atom stereocenters. The van der Waals surface area contributed by atoms with Crippen LogP contribution in [0.25, 0.3) is 0 Å². The molecule has 0 saturated heterocycles. The molecule has 0 aromatic heterocycles. The first-order chi connectivity index (χ1) is 3.41. The summed E-state index contributed by atoms with van der Waals surface area (Å²) in [5, 5.41) is 7.55. The molecule has 0 aliphatic carbocycles. The van der Waals surface area contributed by atoms with Crippen molar-refractivity contribution >= 4 is 0 Å². The average molecular weight is 109 g/mol. The minimum atomic E-state index is -0.00694. The van der Waals surface area contributed by atoms with Crippen LogP contribution in [0.4, 0.5) is 0 Å². The SMILES string of the molecule is COOCNOO. The van der Waals surface area contributed by atoms with Crippen molar-refractivity contribution in [3.63, 3.8) is 0 Å². The quantitative estimate of drug-likeness (QED) is 0.221. The lowest BCUT2D eigenvalue weighted by Crippen LogP contribution is -2.15. The normalized spacial score (nSPS) is 9.43. The smallest absolute Gasteiger partial charge is 0.157 e. The fourth-order valence-corrected chi connectivity index (χ4v) is 0.109. The van der Waals surface area contributed by atoms with E-state index in [4.69, 9.17) is 5.26 Å². The summed E-state index contributed by atoms with van der Waals surface area (Å²) in [7, 11) is 1.35. The Morgan fingerprint density at radius 2 is 2.43 bits per heavy atom. The van der Waals surface area contributed by atoms with Gasteiger partial charge in [0.05, 0.1) is 7.11 Å². The number of hydrogen-bond donors (Lipinski definition) is 2. The second-order valence-corrected chi connectivity index (χ2v) is 0.664. The van der Waals surface area contributed by atoms with Crippen LogP contribution in [0.1, 0.15) is 0 Å². The molecule has 0 atom stereocenters. The van der Waals surface area contributed by atoms with Gasteiger partial charge in [0.15, 0.2) is 6.73 Å². The summed E-state index contributed by atoms with van der Waals surface area (Å²) in [6, 6.07) is 0. The average Bonchev–Trinajstić information content (AvgIpc) is 1.69. The van der Waals surface area contributed by atoms with Crippen LogP contribution in [0.2, 0.25) is 0 Å². The molecule has 0 saturated carbocycles. The van der Waals surface area contributed by atoms with E-state index >= 15 is 0 Å². The highest BCUT2D eigenvalue weighted by Gasteiger charge is 1.77. The van der Waals surface area contributed by atoms with Crippen molar-refractivity contribution < 1.29 is 20.0 Å². The van der Waals surface area contributed by atoms with Crippen LogP contribution in [-0.4, -0.2) is 19.1 Å². The lowest BCUT2D eigenvalue weighted by Gasteiger charge is -1.95. The molecule has 0 rings (SSSR count). The van der Waals surface area contributed by atoms with Gasteiger partial charge in [-0.2, -0.15) is 0 Å². The lowest BCUT2D eigenvalue weighted by molar-refractivity contribution is -0.349. The van der Waals surface area contributed by atoms with E-state index in [9.17, 15) is 0 Å². The van der Waals surface area contributed by atoms with Crippen LogP contribution in [0, 0.1) is 0 Å². The molecule has 0 bridgehead atoms. The number of rotatable bonds is 4. The van der Waals surface area contributed by atoms with E-state index in [-0.39, 0.29) is 6.73 Å². The second-order valence-electron chi connectivity index (χ2n) is 0.664. The first-order valence-corrected chi connectivity index (χ1v) is 1.60. The van der Waals surface area contributed by atoms with Crippen molar-refractivity contribution in [1.29, 1.82) is 0 Å². The van der Waals surface area contributed by atoms with Crippen molar-refractivity contribution in [2.24, 2.45) is 0 Å². The molecule has 2 N–H and O–H groups in total. The van der Waals surface area contributed by atoms with E-state index in [1.165, 1.54) is 7.11 Å². The summed E-state index contributed by atoms with van der Waals surface area (Å²) in [6.45, 7) is -0.00694. The van der Waals surface area contributed by atoms with E-state index in [2.05, 4.69) is 14.8 Å². The van der Waals surface area contributed by atoms with Gasteiger partial charge in [0.1, 0.15) is 0 Å². The zero-order valence-electron chi connectivity index (χ0n) is 3.88. The Morgan fingerprint density at radius 1 is 1.71 bits per heavy atom. The predicted molar refractivity (Wildman–Crippen MR) is 19.8 cm³/mol. The summed E-state index contributed by atoms with van der Waals surface area (Å²) >= 11 is 0. The van der Waals surface area contributed by atoms with Crippen LogP contribution < -0.4 is 5.48 Å². The molecule has 7 heavy (non-hydrogen) atoms.